The van der Waals surface area contributed by atoms with E-state index >= 15 is 0 Å². The first kappa shape index (κ1) is 13.2. The summed E-state index contributed by atoms with van der Waals surface area (Å²) in [5.41, 5.74) is 3.31. The molecule has 0 amide bonds. The van der Waals surface area contributed by atoms with Crippen LogP contribution in [0.5, 0.6) is 0 Å². The Morgan fingerprint density at radius 1 is 1.39 bits per heavy atom. The molecule has 0 spiro atoms. The van der Waals surface area contributed by atoms with Crippen LogP contribution < -0.4 is 5.69 Å². The summed E-state index contributed by atoms with van der Waals surface area (Å²) in [4.78, 5) is 17.2. The molecule has 2 unspecified atom stereocenters. The summed E-state index contributed by atoms with van der Waals surface area (Å²) in [6.45, 7) is 2.12. The van der Waals surface area contributed by atoms with Crippen molar-refractivity contribution < 1.29 is 0 Å². The third-order valence-electron chi connectivity index (χ3n) is 3.88. The molecule has 1 aliphatic rings. The molecule has 0 bridgehead atoms. The first-order valence-electron chi connectivity index (χ1n) is 5.98. The van der Waals surface area contributed by atoms with Crippen molar-refractivity contribution in [3.05, 3.63) is 34.2 Å². The van der Waals surface area contributed by atoms with Gasteiger partial charge in [-0.15, -0.1) is 12.4 Å². The number of nitrogens with zero attached hydrogens (tertiary/aromatic N) is 2. The minimum absolute atomic E-state index is 0. The zero-order valence-electron chi connectivity index (χ0n) is 10.8. The second kappa shape index (κ2) is 4.44. The molecule has 0 aliphatic carbocycles. The number of rotatable bonds is 1. The van der Waals surface area contributed by atoms with Gasteiger partial charge in [0.1, 0.15) is 0 Å². The highest BCUT2D eigenvalue weighted by molar-refractivity contribution is 5.85. The summed E-state index contributed by atoms with van der Waals surface area (Å²) < 4.78 is 1.90. The van der Waals surface area contributed by atoms with Gasteiger partial charge in [0.15, 0.2) is 0 Å². The van der Waals surface area contributed by atoms with E-state index in [2.05, 4.69) is 37.0 Å². The van der Waals surface area contributed by atoms with Crippen molar-refractivity contribution in [2.75, 3.05) is 14.1 Å². The third kappa shape index (κ3) is 1.68. The van der Waals surface area contributed by atoms with Gasteiger partial charge in [-0.05, 0) is 39.1 Å². The van der Waals surface area contributed by atoms with E-state index in [-0.39, 0.29) is 24.1 Å². The van der Waals surface area contributed by atoms with Gasteiger partial charge < -0.3 is 9.88 Å². The number of aromatic amines is 1. The molecule has 1 aliphatic heterocycles. The Hall–Kier alpha value is -1.26. The van der Waals surface area contributed by atoms with Gasteiger partial charge in [0, 0.05) is 6.04 Å². The lowest BCUT2D eigenvalue weighted by atomic mass is 9.94. The Morgan fingerprint density at radius 2 is 2.11 bits per heavy atom. The molecular formula is C13H18ClN3O. The average molecular weight is 268 g/mol. The predicted octanol–water partition coefficient (Wildman–Crippen LogP) is 1.80. The Morgan fingerprint density at radius 3 is 2.78 bits per heavy atom. The molecule has 0 radical (unpaired) electrons. The fourth-order valence-corrected chi connectivity index (χ4v) is 2.99. The van der Waals surface area contributed by atoms with E-state index in [1.54, 1.807) is 0 Å². The van der Waals surface area contributed by atoms with Crippen LogP contribution in [-0.4, -0.2) is 34.6 Å². The molecule has 18 heavy (non-hydrogen) atoms. The maximum Gasteiger partial charge on any atom is 0.326 e. The van der Waals surface area contributed by atoms with E-state index in [1.807, 2.05) is 16.7 Å². The smallest absolute Gasteiger partial charge is 0.306 e. The maximum atomic E-state index is 12.0. The van der Waals surface area contributed by atoms with Crippen molar-refractivity contribution >= 4 is 23.4 Å². The van der Waals surface area contributed by atoms with Crippen molar-refractivity contribution in [3.63, 3.8) is 0 Å². The second-order valence-electron chi connectivity index (χ2n) is 5.09. The number of H-pyrrole nitrogens is 1. The van der Waals surface area contributed by atoms with Crippen molar-refractivity contribution in [2.24, 2.45) is 0 Å². The van der Waals surface area contributed by atoms with E-state index in [9.17, 15) is 4.79 Å². The number of hydrogen-bond acceptors (Lipinski definition) is 2. The monoisotopic (exact) mass is 267 g/mol. The maximum absolute atomic E-state index is 12.0. The van der Waals surface area contributed by atoms with E-state index in [1.165, 1.54) is 5.56 Å². The van der Waals surface area contributed by atoms with Gasteiger partial charge >= 0.3 is 5.69 Å². The molecule has 2 aromatic rings. The molecule has 5 heteroatoms. The van der Waals surface area contributed by atoms with Crippen LogP contribution in [0, 0.1) is 0 Å². The zero-order valence-corrected chi connectivity index (χ0v) is 11.6. The Labute approximate surface area is 112 Å². The first-order chi connectivity index (χ1) is 8.09. The molecule has 0 saturated heterocycles. The molecule has 3 rings (SSSR count). The van der Waals surface area contributed by atoms with Crippen molar-refractivity contribution in [1.29, 1.82) is 0 Å². The third-order valence-corrected chi connectivity index (χ3v) is 3.88. The number of nitrogens with one attached hydrogen (secondary N) is 1. The largest absolute Gasteiger partial charge is 0.326 e. The molecule has 1 N–H and O–H groups in total. The summed E-state index contributed by atoms with van der Waals surface area (Å²) >= 11 is 0. The van der Waals surface area contributed by atoms with Crippen LogP contribution in [0.15, 0.2) is 23.0 Å². The average Bonchev–Trinajstić information content (AvgIpc) is 2.61. The van der Waals surface area contributed by atoms with Gasteiger partial charge in [-0.25, -0.2) is 4.79 Å². The van der Waals surface area contributed by atoms with Crippen molar-refractivity contribution in [3.8, 4) is 0 Å². The van der Waals surface area contributed by atoms with Gasteiger partial charge in [-0.1, -0.05) is 12.1 Å². The van der Waals surface area contributed by atoms with Crippen LogP contribution in [0.25, 0.3) is 11.0 Å². The molecular weight excluding hydrogens is 250 g/mol. The Balaban J connectivity index is 0.00000120. The highest BCUT2D eigenvalue weighted by Gasteiger charge is 2.30. The minimum Gasteiger partial charge on any atom is -0.306 e. The van der Waals surface area contributed by atoms with E-state index < -0.39 is 0 Å². The molecule has 0 fully saturated rings. The summed E-state index contributed by atoms with van der Waals surface area (Å²) in [5.74, 6) is 0. The molecule has 1 aromatic carbocycles. The topological polar surface area (TPSA) is 41.0 Å². The van der Waals surface area contributed by atoms with Crippen LogP contribution in [0.1, 0.15) is 18.5 Å². The predicted molar refractivity (Wildman–Crippen MR) is 75.7 cm³/mol. The van der Waals surface area contributed by atoms with Gasteiger partial charge in [0.2, 0.25) is 0 Å². The fourth-order valence-electron chi connectivity index (χ4n) is 2.99. The van der Waals surface area contributed by atoms with Crippen LogP contribution in [-0.2, 0) is 6.42 Å². The van der Waals surface area contributed by atoms with Crippen molar-refractivity contribution in [1.82, 2.24) is 14.5 Å². The standard InChI is InChI=1S/C13H17N3O.ClH/c1-8-11(15(2)3)7-9-5-4-6-10-12(9)16(8)13(17)14-10;/h4-6,8,11H,7H2,1-3H3,(H,14,17);1H. The second-order valence-corrected chi connectivity index (χ2v) is 5.09. The zero-order chi connectivity index (χ0) is 12.2. The van der Waals surface area contributed by atoms with Crippen LogP contribution in [0.2, 0.25) is 0 Å². The van der Waals surface area contributed by atoms with Crippen LogP contribution in [0.3, 0.4) is 0 Å². The highest BCUT2D eigenvalue weighted by atomic mass is 35.5. The highest BCUT2D eigenvalue weighted by Crippen LogP contribution is 2.30. The van der Waals surface area contributed by atoms with E-state index in [4.69, 9.17) is 0 Å². The fraction of sp³-hybridized carbons (Fsp3) is 0.462. The number of imidazole rings is 1. The SMILES string of the molecule is CC1C(N(C)C)Cc2cccc3[nH]c(=O)n1c23.Cl. The Kier molecular flexibility index (Phi) is 3.25. The molecule has 98 valence electrons. The number of likely N-dealkylation sites (N-methyl/N-ethyl adjacent to an activating group) is 1. The normalized spacial score (nSPS) is 22.2. The number of para-hydroxylation sites is 1. The molecule has 4 nitrogen and oxygen atoms in total. The minimum atomic E-state index is 0. The number of aromatic nitrogens is 2. The number of benzene rings is 1. The molecule has 1 aromatic heterocycles. The van der Waals surface area contributed by atoms with Crippen molar-refractivity contribution in [2.45, 2.75) is 25.4 Å². The van der Waals surface area contributed by atoms with Gasteiger partial charge in [-0.3, -0.25) is 4.57 Å². The summed E-state index contributed by atoms with van der Waals surface area (Å²) in [6.07, 6.45) is 1.00. The lowest BCUT2D eigenvalue weighted by Crippen LogP contribution is -2.42. The van der Waals surface area contributed by atoms with Gasteiger partial charge in [0.05, 0.1) is 17.1 Å². The molecule has 0 saturated carbocycles. The lowest BCUT2D eigenvalue weighted by Gasteiger charge is -2.34. The summed E-state index contributed by atoms with van der Waals surface area (Å²) in [7, 11) is 4.15. The first-order valence-corrected chi connectivity index (χ1v) is 5.98. The van der Waals surface area contributed by atoms with Crippen LogP contribution in [0.4, 0.5) is 0 Å². The lowest BCUT2D eigenvalue weighted by molar-refractivity contribution is 0.214. The molecule has 2 atom stereocenters. The quantitative estimate of drug-likeness (QED) is 0.856. The Bertz CT molecular complexity index is 629. The molecule has 2 heterocycles. The number of hydrogen-bond donors (Lipinski definition) is 1. The van der Waals surface area contributed by atoms with Gasteiger partial charge in [-0.2, -0.15) is 0 Å². The van der Waals surface area contributed by atoms with E-state index in [0.29, 0.717) is 6.04 Å². The summed E-state index contributed by atoms with van der Waals surface area (Å²) in [6, 6.07) is 6.69. The van der Waals surface area contributed by atoms with Crippen LogP contribution >= 0.6 is 12.4 Å². The van der Waals surface area contributed by atoms with E-state index in [0.717, 1.165) is 17.5 Å². The number of halogens is 1. The van der Waals surface area contributed by atoms with Gasteiger partial charge in [0.25, 0.3) is 0 Å². The summed E-state index contributed by atoms with van der Waals surface area (Å²) in [5, 5.41) is 0.